The topological polar surface area (TPSA) is 79.9 Å². The van der Waals surface area contributed by atoms with Crippen molar-refractivity contribution in [1.82, 2.24) is 5.32 Å². The first-order valence-electron chi connectivity index (χ1n) is 10.8. The van der Waals surface area contributed by atoms with Gasteiger partial charge in [0.15, 0.2) is 0 Å². The minimum atomic E-state index is -0.379. The van der Waals surface area contributed by atoms with Crippen molar-refractivity contribution in [3.63, 3.8) is 0 Å². The number of amides is 2. The number of nitrogens with one attached hydrogen (secondary N) is 2. The van der Waals surface area contributed by atoms with Gasteiger partial charge < -0.3 is 25.0 Å². The smallest absolute Gasteiger partial charge is 0.251 e. The van der Waals surface area contributed by atoms with Crippen LogP contribution in [0.2, 0.25) is 0 Å². The molecule has 3 rings (SSSR count). The van der Waals surface area contributed by atoms with E-state index < -0.39 is 0 Å². The Hall–Kier alpha value is -3.13. The molecule has 2 N–H and O–H groups in total. The van der Waals surface area contributed by atoms with Crippen LogP contribution in [-0.2, 0) is 9.53 Å². The number of methoxy groups -OCH3 is 1. The van der Waals surface area contributed by atoms with E-state index in [1.807, 2.05) is 18.7 Å². The highest BCUT2D eigenvalue weighted by Crippen LogP contribution is 2.26. The largest absolute Gasteiger partial charge is 0.497 e. The second kappa shape index (κ2) is 10.9. The number of morpholine rings is 1. The van der Waals surface area contributed by atoms with Crippen molar-refractivity contribution in [1.29, 1.82) is 0 Å². The Balaban J connectivity index is 1.43. The van der Waals surface area contributed by atoms with E-state index in [0.29, 0.717) is 48.7 Å². The molecule has 0 bridgehead atoms. The molecular weight excluding hydrogens is 413 g/mol. The Labute approximate surface area is 187 Å². The quantitative estimate of drug-likeness (QED) is 0.610. The number of anilines is 2. The van der Waals surface area contributed by atoms with Crippen molar-refractivity contribution >= 4 is 23.2 Å². The van der Waals surface area contributed by atoms with Gasteiger partial charge in [0, 0.05) is 37.3 Å². The minimum Gasteiger partial charge on any atom is -0.497 e. The van der Waals surface area contributed by atoms with Crippen LogP contribution in [0.15, 0.2) is 42.5 Å². The van der Waals surface area contributed by atoms with Crippen molar-refractivity contribution in [3.05, 3.63) is 53.8 Å². The summed E-state index contributed by atoms with van der Waals surface area (Å²) < 4.78 is 25.4. The van der Waals surface area contributed by atoms with Gasteiger partial charge in [-0.3, -0.25) is 9.59 Å². The molecule has 1 fully saturated rings. The molecule has 1 saturated heterocycles. The molecule has 7 nitrogen and oxygen atoms in total. The zero-order valence-electron chi connectivity index (χ0n) is 18.7. The zero-order chi connectivity index (χ0) is 23.1. The highest BCUT2D eigenvalue weighted by Gasteiger charge is 2.24. The van der Waals surface area contributed by atoms with E-state index in [1.165, 1.54) is 6.07 Å². The summed E-state index contributed by atoms with van der Waals surface area (Å²) in [7, 11) is 1.56. The van der Waals surface area contributed by atoms with Crippen molar-refractivity contribution in [2.24, 2.45) is 0 Å². The Kier molecular flexibility index (Phi) is 8.05. The van der Waals surface area contributed by atoms with Crippen LogP contribution in [0.5, 0.6) is 5.75 Å². The van der Waals surface area contributed by atoms with Crippen molar-refractivity contribution in [3.8, 4) is 5.75 Å². The third-order valence-electron chi connectivity index (χ3n) is 5.21. The molecule has 8 heteroatoms. The highest BCUT2D eigenvalue weighted by atomic mass is 19.1. The van der Waals surface area contributed by atoms with Crippen molar-refractivity contribution in [2.75, 3.05) is 37.0 Å². The number of carbonyl (C=O) groups is 2. The number of benzene rings is 2. The molecule has 0 radical (unpaired) electrons. The molecule has 1 heterocycles. The van der Waals surface area contributed by atoms with Gasteiger partial charge in [-0.15, -0.1) is 0 Å². The van der Waals surface area contributed by atoms with Gasteiger partial charge in [-0.2, -0.15) is 0 Å². The van der Waals surface area contributed by atoms with E-state index in [2.05, 4.69) is 10.6 Å². The molecule has 0 spiro atoms. The van der Waals surface area contributed by atoms with E-state index in [4.69, 9.17) is 9.47 Å². The van der Waals surface area contributed by atoms with Gasteiger partial charge in [-0.05, 0) is 62.7 Å². The highest BCUT2D eigenvalue weighted by molar-refractivity contribution is 5.94. The first-order valence-corrected chi connectivity index (χ1v) is 10.8. The van der Waals surface area contributed by atoms with Gasteiger partial charge in [0.05, 0.1) is 25.0 Å². The van der Waals surface area contributed by atoms with Crippen LogP contribution in [0.1, 0.15) is 37.0 Å². The summed E-state index contributed by atoms with van der Waals surface area (Å²) in [4.78, 5) is 26.3. The summed E-state index contributed by atoms with van der Waals surface area (Å²) in [5, 5.41) is 5.49. The summed E-state index contributed by atoms with van der Waals surface area (Å²) in [5.41, 5.74) is 1.44. The molecular formula is C24H30FN3O4. The second-order valence-corrected chi connectivity index (χ2v) is 7.96. The van der Waals surface area contributed by atoms with Crippen LogP contribution in [0, 0.1) is 5.82 Å². The maximum absolute atomic E-state index is 14.7. The van der Waals surface area contributed by atoms with Gasteiger partial charge in [0.1, 0.15) is 11.6 Å². The number of carbonyl (C=O) groups excluding carboxylic acids is 2. The summed E-state index contributed by atoms with van der Waals surface area (Å²) in [6.45, 7) is 5.53. The third-order valence-corrected chi connectivity index (χ3v) is 5.21. The van der Waals surface area contributed by atoms with Crippen LogP contribution >= 0.6 is 0 Å². The molecule has 1 aliphatic rings. The Morgan fingerprint density at radius 1 is 1.12 bits per heavy atom. The van der Waals surface area contributed by atoms with Crippen molar-refractivity contribution < 1.29 is 23.5 Å². The molecule has 2 unspecified atom stereocenters. The molecule has 0 aromatic heterocycles. The summed E-state index contributed by atoms with van der Waals surface area (Å²) in [6, 6.07) is 11.5. The summed E-state index contributed by atoms with van der Waals surface area (Å²) >= 11 is 0. The lowest BCUT2D eigenvalue weighted by molar-refractivity contribution is -0.116. The number of hydrogen-bond acceptors (Lipinski definition) is 5. The molecule has 2 atom stereocenters. The van der Waals surface area contributed by atoms with Crippen LogP contribution in [-0.4, -0.2) is 50.8 Å². The molecule has 2 amide bonds. The monoisotopic (exact) mass is 443 g/mol. The Morgan fingerprint density at radius 3 is 2.44 bits per heavy atom. The normalized spacial score (nSPS) is 18.2. The number of rotatable bonds is 8. The minimum absolute atomic E-state index is 0.0303. The van der Waals surface area contributed by atoms with Crippen molar-refractivity contribution in [2.45, 2.75) is 38.9 Å². The molecule has 172 valence electrons. The lowest BCUT2D eigenvalue weighted by Crippen LogP contribution is -2.45. The predicted molar refractivity (Wildman–Crippen MR) is 122 cm³/mol. The van der Waals surface area contributed by atoms with Crippen LogP contribution in [0.4, 0.5) is 15.8 Å². The summed E-state index contributed by atoms with van der Waals surface area (Å²) in [6.07, 6.45) is 0.744. The SMILES string of the molecule is COc1ccc(C(=O)NCCCC(=O)Nc2ccc(N3CC(C)OC(C)C3)c(F)c2)cc1. The average molecular weight is 444 g/mol. The van der Waals surface area contributed by atoms with Crippen LogP contribution in [0.3, 0.4) is 0 Å². The van der Waals surface area contributed by atoms with Crippen LogP contribution < -0.4 is 20.3 Å². The fourth-order valence-corrected chi connectivity index (χ4v) is 3.73. The lowest BCUT2D eigenvalue weighted by atomic mass is 10.1. The molecule has 1 aliphatic heterocycles. The first-order chi connectivity index (χ1) is 15.4. The number of halogens is 1. The molecule has 0 aliphatic carbocycles. The van der Waals surface area contributed by atoms with Gasteiger partial charge >= 0.3 is 0 Å². The Bertz CT molecular complexity index is 925. The van der Waals surface area contributed by atoms with Crippen LogP contribution in [0.25, 0.3) is 0 Å². The van der Waals surface area contributed by atoms with E-state index in [0.717, 1.165) is 0 Å². The lowest BCUT2D eigenvalue weighted by Gasteiger charge is -2.37. The fraction of sp³-hybridized carbons (Fsp3) is 0.417. The maximum atomic E-state index is 14.7. The molecule has 0 saturated carbocycles. The number of ether oxygens (including phenoxy) is 2. The maximum Gasteiger partial charge on any atom is 0.251 e. The predicted octanol–water partition coefficient (Wildman–Crippen LogP) is 3.60. The fourth-order valence-electron chi connectivity index (χ4n) is 3.73. The van der Waals surface area contributed by atoms with E-state index in [9.17, 15) is 14.0 Å². The van der Waals surface area contributed by atoms with Gasteiger partial charge in [-0.25, -0.2) is 4.39 Å². The van der Waals surface area contributed by atoms with Gasteiger partial charge in [0.25, 0.3) is 5.91 Å². The summed E-state index contributed by atoms with van der Waals surface area (Å²) in [5.74, 6) is -0.144. The Morgan fingerprint density at radius 2 is 1.81 bits per heavy atom. The average Bonchev–Trinajstić information content (AvgIpc) is 2.76. The van der Waals surface area contributed by atoms with Gasteiger partial charge in [-0.1, -0.05) is 0 Å². The molecule has 2 aromatic rings. The zero-order valence-corrected chi connectivity index (χ0v) is 18.7. The van der Waals surface area contributed by atoms with E-state index in [1.54, 1.807) is 43.5 Å². The van der Waals surface area contributed by atoms with Gasteiger partial charge in [0.2, 0.25) is 5.91 Å². The molecule has 32 heavy (non-hydrogen) atoms. The standard InChI is InChI=1S/C24H30FN3O4/c1-16-14-28(15-17(2)32-16)22-11-8-19(13-21(22)25)27-23(29)5-4-12-26-24(30)18-6-9-20(31-3)10-7-18/h6-11,13,16-17H,4-5,12,14-15H2,1-3H3,(H,26,30)(H,27,29). The number of hydrogen-bond donors (Lipinski definition) is 2. The first kappa shape index (κ1) is 23.5. The van der Waals surface area contributed by atoms with E-state index in [-0.39, 0.29) is 36.3 Å². The third kappa shape index (κ3) is 6.43. The number of nitrogens with zero attached hydrogens (tertiary/aromatic N) is 1. The molecule has 2 aromatic carbocycles. The second-order valence-electron chi connectivity index (χ2n) is 7.96. The van der Waals surface area contributed by atoms with E-state index >= 15 is 0 Å².